The van der Waals surface area contributed by atoms with Crippen LogP contribution in [-0.2, 0) is 6.42 Å². The summed E-state index contributed by atoms with van der Waals surface area (Å²) in [4.78, 5) is 0. The Kier molecular flexibility index (Phi) is 6.08. The van der Waals surface area contributed by atoms with Gasteiger partial charge in [-0.1, -0.05) is 62.2 Å². The lowest BCUT2D eigenvalue weighted by Gasteiger charge is -2.10. The average molecular weight is 422 g/mol. The van der Waals surface area contributed by atoms with E-state index in [2.05, 4.69) is 25.1 Å². The van der Waals surface area contributed by atoms with E-state index in [0.717, 1.165) is 34.9 Å². The number of hydrogen-bond donors (Lipinski definition) is 0. The van der Waals surface area contributed by atoms with Crippen LogP contribution in [0.25, 0.3) is 33.0 Å². The third kappa shape index (κ3) is 4.48. The lowest BCUT2D eigenvalue weighted by atomic mass is 9.96. The molecule has 4 aromatic rings. The number of unbranched alkanes of at least 4 members (excludes halogenated alkanes) is 2. The summed E-state index contributed by atoms with van der Waals surface area (Å²) < 4.78 is 55.0. The van der Waals surface area contributed by atoms with E-state index in [1.165, 1.54) is 37.0 Å². The van der Waals surface area contributed by atoms with Gasteiger partial charge in [0, 0.05) is 5.56 Å². The first-order chi connectivity index (χ1) is 15.0. The second-order valence-electron chi connectivity index (χ2n) is 7.80. The third-order valence-corrected chi connectivity index (χ3v) is 5.57. The molecule has 0 fully saturated rings. The largest absolute Gasteiger partial charge is 0.206 e. The predicted molar refractivity (Wildman–Crippen MR) is 118 cm³/mol. The van der Waals surface area contributed by atoms with Crippen molar-refractivity contribution in [3.8, 4) is 22.3 Å². The van der Waals surface area contributed by atoms with Crippen molar-refractivity contribution in [3.05, 3.63) is 95.6 Å². The maximum absolute atomic E-state index is 14.8. The Hall–Kier alpha value is -3.14. The Balaban J connectivity index is 1.63. The molecule has 4 rings (SSSR count). The molecule has 0 atom stereocenters. The molecule has 0 radical (unpaired) electrons. The number of benzene rings is 4. The molecule has 0 saturated carbocycles. The number of halogens is 4. The molecule has 0 heterocycles. The van der Waals surface area contributed by atoms with E-state index in [1.807, 2.05) is 18.2 Å². The number of rotatable bonds is 6. The molecule has 0 unspecified atom stereocenters. The Morgan fingerprint density at radius 1 is 0.581 bits per heavy atom. The molecule has 0 spiro atoms. The van der Waals surface area contributed by atoms with Crippen LogP contribution in [0.5, 0.6) is 0 Å². The van der Waals surface area contributed by atoms with Crippen molar-refractivity contribution in [2.24, 2.45) is 0 Å². The number of fused-ring (bicyclic) bond motifs is 1. The monoisotopic (exact) mass is 422 g/mol. The number of hydrogen-bond acceptors (Lipinski definition) is 0. The van der Waals surface area contributed by atoms with Crippen molar-refractivity contribution in [1.29, 1.82) is 0 Å². The van der Waals surface area contributed by atoms with E-state index in [9.17, 15) is 17.6 Å². The molecule has 0 saturated heterocycles. The molecule has 0 nitrogen and oxygen atoms in total. The summed E-state index contributed by atoms with van der Waals surface area (Å²) in [5.74, 6) is -4.89. The summed E-state index contributed by atoms with van der Waals surface area (Å²) >= 11 is 0. The van der Waals surface area contributed by atoms with Gasteiger partial charge in [-0.15, -0.1) is 0 Å². The molecule has 0 bridgehead atoms. The maximum Gasteiger partial charge on any atom is 0.194 e. The number of aryl methyl sites for hydroxylation is 1. The summed E-state index contributed by atoms with van der Waals surface area (Å²) in [5.41, 5.74) is 2.77. The molecule has 31 heavy (non-hydrogen) atoms. The Morgan fingerprint density at radius 2 is 1.19 bits per heavy atom. The van der Waals surface area contributed by atoms with Crippen LogP contribution < -0.4 is 0 Å². The molecular formula is C27H22F4. The van der Waals surface area contributed by atoms with Crippen molar-refractivity contribution < 1.29 is 17.6 Å². The van der Waals surface area contributed by atoms with E-state index in [-0.39, 0.29) is 11.1 Å². The zero-order valence-electron chi connectivity index (χ0n) is 17.2. The molecule has 4 aromatic carbocycles. The second kappa shape index (κ2) is 8.93. The minimum atomic E-state index is -1.56. The van der Waals surface area contributed by atoms with Gasteiger partial charge in [-0.2, -0.15) is 0 Å². The van der Waals surface area contributed by atoms with Gasteiger partial charge in [0.05, 0.1) is 0 Å². The maximum atomic E-state index is 14.8. The van der Waals surface area contributed by atoms with Gasteiger partial charge in [-0.3, -0.25) is 0 Å². The van der Waals surface area contributed by atoms with Crippen LogP contribution in [0.1, 0.15) is 31.7 Å². The Labute approximate surface area is 179 Å². The molecule has 0 aliphatic heterocycles. The smallest absolute Gasteiger partial charge is 0.194 e. The van der Waals surface area contributed by atoms with Crippen molar-refractivity contribution >= 4 is 10.8 Å². The molecule has 4 heteroatoms. The van der Waals surface area contributed by atoms with Gasteiger partial charge < -0.3 is 0 Å². The van der Waals surface area contributed by atoms with Gasteiger partial charge in [-0.05, 0) is 70.1 Å². The zero-order valence-corrected chi connectivity index (χ0v) is 17.2. The standard InChI is InChI=1S/C27H22F4/c1-2-3-4-5-17-6-7-19-13-20(9-8-18(19)12-17)21-10-11-23(24(28)14-21)22-15-25(29)27(31)26(30)16-22/h6-16H,2-5H2,1H3. The summed E-state index contributed by atoms with van der Waals surface area (Å²) in [7, 11) is 0. The fraction of sp³-hybridized carbons (Fsp3) is 0.185. The van der Waals surface area contributed by atoms with Crippen LogP contribution in [-0.4, -0.2) is 0 Å². The second-order valence-corrected chi connectivity index (χ2v) is 7.80. The minimum absolute atomic E-state index is 0.0130. The van der Waals surface area contributed by atoms with Gasteiger partial charge in [0.15, 0.2) is 17.5 Å². The molecular weight excluding hydrogens is 400 g/mol. The van der Waals surface area contributed by atoms with E-state index in [1.54, 1.807) is 6.07 Å². The first-order valence-corrected chi connectivity index (χ1v) is 10.4. The SMILES string of the molecule is CCCCCc1ccc2cc(-c3ccc(-c4cc(F)c(F)c(F)c4)c(F)c3)ccc2c1. The Morgan fingerprint density at radius 3 is 1.90 bits per heavy atom. The first kappa shape index (κ1) is 21.1. The topological polar surface area (TPSA) is 0 Å². The van der Waals surface area contributed by atoms with Crippen LogP contribution in [0, 0.1) is 23.3 Å². The fourth-order valence-electron chi connectivity index (χ4n) is 3.85. The van der Waals surface area contributed by atoms with E-state index in [4.69, 9.17) is 0 Å². The molecule has 0 aliphatic rings. The normalized spacial score (nSPS) is 11.3. The summed E-state index contributed by atoms with van der Waals surface area (Å²) in [6.07, 6.45) is 4.64. The van der Waals surface area contributed by atoms with Gasteiger partial charge in [0.1, 0.15) is 5.82 Å². The van der Waals surface area contributed by atoms with Crippen molar-refractivity contribution in [2.45, 2.75) is 32.6 Å². The van der Waals surface area contributed by atoms with Crippen LogP contribution in [0.3, 0.4) is 0 Å². The first-order valence-electron chi connectivity index (χ1n) is 10.4. The third-order valence-electron chi connectivity index (χ3n) is 5.57. The predicted octanol–water partition coefficient (Wildman–Crippen LogP) is 8.46. The highest BCUT2D eigenvalue weighted by molar-refractivity contribution is 5.88. The highest BCUT2D eigenvalue weighted by Gasteiger charge is 2.14. The highest BCUT2D eigenvalue weighted by Crippen LogP contribution is 2.31. The molecule has 0 amide bonds. The minimum Gasteiger partial charge on any atom is -0.206 e. The van der Waals surface area contributed by atoms with Crippen molar-refractivity contribution in [1.82, 2.24) is 0 Å². The zero-order chi connectivity index (χ0) is 22.0. The lowest BCUT2D eigenvalue weighted by Crippen LogP contribution is -1.94. The highest BCUT2D eigenvalue weighted by atomic mass is 19.2. The van der Waals surface area contributed by atoms with E-state index < -0.39 is 23.3 Å². The summed E-state index contributed by atoms with van der Waals surface area (Å²) in [6, 6.07) is 18.4. The summed E-state index contributed by atoms with van der Waals surface area (Å²) in [5, 5.41) is 2.19. The van der Waals surface area contributed by atoms with E-state index in [0.29, 0.717) is 5.56 Å². The van der Waals surface area contributed by atoms with E-state index >= 15 is 0 Å². The van der Waals surface area contributed by atoms with Gasteiger partial charge >= 0.3 is 0 Å². The summed E-state index contributed by atoms with van der Waals surface area (Å²) in [6.45, 7) is 2.19. The quantitative estimate of drug-likeness (QED) is 0.166. The molecule has 0 N–H and O–H groups in total. The molecule has 0 aliphatic carbocycles. The Bertz CT molecular complexity index is 1220. The van der Waals surface area contributed by atoms with Gasteiger partial charge in [0.2, 0.25) is 0 Å². The van der Waals surface area contributed by atoms with Gasteiger partial charge in [0.25, 0.3) is 0 Å². The molecule has 158 valence electrons. The average Bonchev–Trinajstić information content (AvgIpc) is 2.77. The van der Waals surface area contributed by atoms with Crippen molar-refractivity contribution in [2.75, 3.05) is 0 Å². The molecule has 0 aromatic heterocycles. The van der Waals surface area contributed by atoms with Crippen LogP contribution in [0.4, 0.5) is 17.6 Å². The lowest BCUT2D eigenvalue weighted by molar-refractivity contribution is 0.447. The fourth-order valence-corrected chi connectivity index (χ4v) is 3.85. The van der Waals surface area contributed by atoms with Crippen LogP contribution in [0.2, 0.25) is 0 Å². The van der Waals surface area contributed by atoms with Gasteiger partial charge in [-0.25, -0.2) is 17.6 Å². The van der Waals surface area contributed by atoms with Crippen molar-refractivity contribution in [3.63, 3.8) is 0 Å². The van der Waals surface area contributed by atoms with Crippen LogP contribution >= 0.6 is 0 Å². The van der Waals surface area contributed by atoms with Crippen LogP contribution in [0.15, 0.2) is 66.7 Å².